The third-order valence-corrected chi connectivity index (χ3v) is 4.83. The molecule has 3 unspecified atom stereocenters. The van der Waals surface area contributed by atoms with E-state index in [-0.39, 0.29) is 0 Å². The zero-order valence-corrected chi connectivity index (χ0v) is 13.3. The number of aromatic nitrogens is 3. The highest BCUT2D eigenvalue weighted by Gasteiger charge is 2.28. The van der Waals surface area contributed by atoms with E-state index >= 15 is 0 Å². The molecule has 0 spiro atoms. The van der Waals surface area contributed by atoms with Crippen molar-refractivity contribution in [1.82, 2.24) is 20.1 Å². The van der Waals surface area contributed by atoms with Crippen LogP contribution in [0, 0.1) is 11.8 Å². The van der Waals surface area contributed by atoms with E-state index in [1.165, 1.54) is 32.1 Å². The number of rotatable bonds is 7. The summed E-state index contributed by atoms with van der Waals surface area (Å²) < 4.78 is 2.03. The minimum absolute atomic E-state index is 0.559. The lowest BCUT2D eigenvalue weighted by molar-refractivity contribution is 0.206. The zero-order chi connectivity index (χ0) is 14.4. The predicted molar refractivity (Wildman–Crippen MR) is 82.6 cm³/mol. The second-order valence-corrected chi connectivity index (χ2v) is 6.06. The first-order valence-electron chi connectivity index (χ1n) is 8.38. The van der Waals surface area contributed by atoms with Gasteiger partial charge in [0.2, 0.25) is 0 Å². The number of nitrogens with zero attached hydrogens (tertiary/aromatic N) is 3. The molecule has 0 amide bonds. The Hall–Kier alpha value is -0.900. The highest BCUT2D eigenvalue weighted by atomic mass is 15.3. The third-order valence-electron chi connectivity index (χ3n) is 4.83. The lowest BCUT2D eigenvalue weighted by Gasteiger charge is -2.34. The molecular formula is C16H30N4. The molecule has 2 rings (SSSR count). The van der Waals surface area contributed by atoms with Crippen LogP contribution in [0.5, 0.6) is 0 Å². The van der Waals surface area contributed by atoms with Crippen LogP contribution in [0.1, 0.15) is 58.7 Å². The molecule has 1 heterocycles. The van der Waals surface area contributed by atoms with E-state index in [1.54, 1.807) is 6.33 Å². The van der Waals surface area contributed by atoms with E-state index < -0.39 is 0 Å². The summed E-state index contributed by atoms with van der Waals surface area (Å²) in [6.45, 7) is 8.63. The van der Waals surface area contributed by atoms with E-state index in [0.29, 0.717) is 6.04 Å². The molecule has 4 heteroatoms. The Morgan fingerprint density at radius 1 is 1.35 bits per heavy atom. The Kier molecular flexibility index (Phi) is 6.02. The van der Waals surface area contributed by atoms with Gasteiger partial charge in [-0.1, -0.05) is 33.1 Å². The van der Waals surface area contributed by atoms with Gasteiger partial charge in [0.15, 0.2) is 0 Å². The molecule has 0 aliphatic heterocycles. The molecule has 1 aliphatic rings. The van der Waals surface area contributed by atoms with Crippen LogP contribution in [0.15, 0.2) is 6.33 Å². The van der Waals surface area contributed by atoms with Crippen molar-refractivity contribution in [3.8, 4) is 0 Å². The van der Waals surface area contributed by atoms with E-state index in [0.717, 1.165) is 37.2 Å². The zero-order valence-electron chi connectivity index (χ0n) is 13.3. The number of likely N-dealkylation sites (N-methyl/N-ethyl adjacent to an activating group) is 1. The average Bonchev–Trinajstić information content (AvgIpc) is 2.94. The number of hydrogen-bond donors (Lipinski definition) is 1. The van der Waals surface area contributed by atoms with Crippen molar-refractivity contribution in [2.24, 2.45) is 11.8 Å². The van der Waals surface area contributed by atoms with Crippen LogP contribution in [-0.4, -0.2) is 27.4 Å². The summed E-state index contributed by atoms with van der Waals surface area (Å²) in [5, 5.41) is 8.01. The maximum atomic E-state index is 4.45. The fourth-order valence-corrected chi connectivity index (χ4v) is 3.64. The van der Waals surface area contributed by atoms with Crippen molar-refractivity contribution in [3.05, 3.63) is 12.2 Å². The van der Waals surface area contributed by atoms with Gasteiger partial charge in [0.05, 0.1) is 0 Å². The van der Waals surface area contributed by atoms with Crippen LogP contribution in [0.2, 0.25) is 0 Å². The van der Waals surface area contributed by atoms with Crippen molar-refractivity contribution in [3.63, 3.8) is 0 Å². The summed E-state index contributed by atoms with van der Waals surface area (Å²) in [6, 6.07) is 0.559. The third kappa shape index (κ3) is 3.81. The molecule has 114 valence electrons. The van der Waals surface area contributed by atoms with Crippen LogP contribution in [-0.2, 0) is 13.0 Å². The molecule has 4 nitrogen and oxygen atoms in total. The largest absolute Gasteiger partial charge is 0.314 e. The normalized spacial score (nSPS) is 24.8. The van der Waals surface area contributed by atoms with Crippen LogP contribution in [0.3, 0.4) is 0 Å². The van der Waals surface area contributed by atoms with E-state index in [9.17, 15) is 0 Å². The summed E-state index contributed by atoms with van der Waals surface area (Å²) in [4.78, 5) is 4.45. The smallest absolute Gasteiger partial charge is 0.138 e. The van der Waals surface area contributed by atoms with Gasteiger partial charge >= 0.3 is 0 Å². The fourth-order valence-electron chi connectivity index (χ4n) is 3.64. The molecule has 0 saturated heterocycles. The van der Waals surface area contributed by atoms with E-state index in [1.807, 2.05) is 4.68 Å². The molecular weight excluding hydrogens is 248 g/mol. The van der Waals surface area contributed by atoms with Gasteiger partial charge in [0.1, 0.15) is 12.2 Å². The second-order valence-electron chi connectivity index (χ2n) is 6.06. The van der Waals surface area contributed by atoms with Crippen molar-refractivity contribution in [2.75, 3.05) is 6.54 Å². The highest BCUT2D eigenvalue weighted by molar-refractivity contribution is 4.93. The predicted octanol–water partition coefficient (Wildman–Crippen LogP) is 3.04. The summed E-state index contributed by atoms with van der Waals surface area (Å²) in [5.41, 5.74) is 0. The molecule has 0 bridgehead atoms. The Labute approximate surface area is 123 Å². The highest BCUT2D eigenvalue weighted by Crippen LogP contribution is 2.33. The summed E-state index contributed by atoms with van der Waals surface area (Å²) in [6.07, 6.45) is 9.62. The van der Waals surface area contributed by atoms with Crippen LogP contribution >= 0.6 is 0 Å². The van der Waals surface area contributed by atoms with Crippen LogP contribution in [0.4, 0.5) is 0 Å². The van der Waals surface area contributed by atoms with Crippen molar-refractivity contribution < 1.29 is 0 Å². The quantitative estimate of drug-likeness (QED) is 0.833. The minimum atomic E-state index is 0.559. The van der Waals surface area contributed by atoms with Gasteiger partial charge < -0.3 is 5.32 Å². The van der Waals surface area contributed by atoms with Crippen LogP contribution in [0.25, 0.3) is 0 Å². The van der Waals surface area contributed by atoms with Gasteiger partial charge in [0, 0.05) is 19.0 Å². The molecule has 1 aromatic heterocycles. The lowest BCUT2D eigenvalue weighted by atomic mass is 9.76. The molecule has 1 aromatic rings. The molecule has 20 heavy (non-hydrogen) atoms. The lowest BCUT2D eigenvalue weighted by Crippen LogP contribution is -2.40. The number of hydrogen-bond acceptors (Lipinski definition) is 3. The van der Waals surface area contributed by atoms with Crippen molar-refractivity contribution >= 4 is 0 Å². The SMILES string of the molecule is CCNC(Cc1ncnn1CC)C1CCCC(CC)C1. The van der Waals surface area contributed by atoms with Crippen molar-refractivity contribution in [1.29, 1.82) is 0 Å². The first kappa shape index (κ1) is 15.5. The van der Waals surface area contributed by atoms with Gasteiger partial charge in [0.25, 0.3) is 0 Å². The van der Waals surface area contributed by atoms with Gasteiger partial charge in [-0.15, -0.1) is 0 Å². The Balaban J connectivity index is 2.02. The summed E-state index contributed by atoms with van der Waals surface area (Å²) in [7, 11) is 0. The van der Waals surface area contributed by atoms with E-state index in [4.69, 9.17) is 0 Å². The molecule has 1 N–H and O–H groups in total. The minimum Gasteiger partial charge on any atom is -0.314 e. The summed E-state index contributed by atoms with van der Waals surface area (Å²) >= 11 is 0. The number of aryl methyl sites for hydroxylation is 1. The molecule has 1 saturated carbocycles. The fraction of sp³-hybridized carbons (Fsp3) is 0.875. The monoisotopic (exact) mass is 278 g/mol. The van der Waals surface area contributed by atoms with Gasteiger partial charge in [-0.3, -0.25) is 4.68 Å². The Bertz CT molecular complexity index is 388. The first-order valence-corrected chi connectivity index (χ1v) is 8.38. The van der Waals surface area contributed by atoms with E-state index in [2.05, 4.69) is 36.2 Å². The van der Waals surface area contributed by atoms with Gasteiger partial charge in [-0.2, -0.15) is 5.10 Å². The molecule has 0 aromatic carbocycles. The maximum absolute atomic E-state index is 4.45. The van der Waals surface area contributed by atoms with Crippen molar-refractivity contribution in [2.45, 2.75) is 71.9 Å². The Morgan fingerprint density at radius 2 is 2.20 bits per heavy atom. The average molecular weight is 278 g/mol. The topological polar surface area (TPSA) is 42.7 Å². The summed E-state index contributed by atoms with van der Waals surface area (Å²) in [5.74, 6) is 2.87. The maximum Gasteiger partial charge on any atom is 0.138 e. The molecule has 3 atom stereocenters. The molecule has 1 fully saturated rings. The van der Waals surface area contributed by atoms with Gasteiger partial charge in [-0.25, -0.2) is 4.98 Å². The van der Waals surface area contributed by atoms with Gasteiger partial charge in [-0.05, 0) is 38.1 Å². The first-order chi connectivity index (χ1) is 9.78. The molecule has 1 aliphatic carbocycles. The standard InChI is InChI=1S/C16H30N4/c1-4-13-8-7-9-14(10-13)15(17-5-2)11-16-18-12-19-20(16)6-3/h12-15,17H,4-11H2,1-3H3. The molecule has 0 radical (unpaired) electrons. The second kappa shape index (κ2) is 7.77. The Morgan fingerprint density at radius 3 is 2.90 bits per heavy atom. The number of nitrogens with one attached hydrogen (secondary N) is 1. The van der Waals surface area contributed by atoms with Crippen LogP contribution < -0.4 is 5.32 Å².